The molecule has 3 aliphatic carbocycles. The lowest BCUT2D eigenvalue weighted by atomic mass is 9.53. The standard InChI is InChI=1S/C47H61N5O5/c1-6-22-52(44(54)40-15-13-32-10-8-9-11-39(32)48-40)31(3)43(53)51-27-25-50(26-28-51)41-30-37-34(29-42(41)57-45(55)33-18-23-49(5)24-19-33)12-14-36-35(37)16-20-46(4)38(36)17-21-47(46,56)7-2/h2,8-11,13,15,29-31,33,35-36,38,44,54,56H,6,12,14,16-28H2,1,3-5H3/t31-,35?,36+,38?,44?,46-,47-/m0/s1. The molecule has 1 amide bonds. The van der Waals surface area contributed by atoms with E-state index in [0.717, 1.165) is 81.0 Å². The lowest BCUT2D eigenvalue weighted by Gasteiger charge is -2.52. The van der Waals surface area contributed by atoms with Crippen LogP contribution >= 0.6 is 0 Å². The highest BCUT2D eigenvalue weighted by atomic mass is 16.5. The molecule has 2 N–H and O–H groups in total. The number of fused-ring (bicyclic) bond motifs is 6. The summed E-state index contributed by atoms with van der Waals surface area (Å²) in [6.07, 6.45) is 12.7. The maximum Gasteiger partial charge on any atom is 0.314 e. The Labute approximate surface area is 338 Å². The van der Waals surface area contributed by atoms with E-state index in [2.05, 4.69) is 48.7 Å². The molecule has 5 aliphatic rings. The van der Waals surface area contributed by atoms with Crippen LogP contribution in [-0.2, 0) is 16.0 Å². The maximum absolute atomic E-state index is 14.2. The van der Waals surface area contributed by atoms with Crippen LogP contribution in [0, 0.1) is 35.5 Å². The number of aliphatic hydroxyl groups excluding tert-OH is 1. The van der Waals surface area contributed by atoms with Crippen LogP contribution in [-0.4, -0.2) is 106 Å². The van der Waals surface area contributed by atoms with Crippen LogP contribution in [0.1, 0.15) is 101 Å². The number of piperidine rings is 1. The van der Waals surface area contributed by atoms with E-state index in [1.807, 2.05) is 53.1 Å². The van der Waals surface area contributed by atoms with E-state index in [9.17, 15) is 19.8 Å². The number of benzene rings is 2. The van der Waals surface area contributed by atoms with E-state index in [1.54, 1.807) is 0 Å². The molecule has 10 heteroatoms. The first-order chi connectivity index (χ1) is 27.4. The molecule has 0 bridgehead atoms. The first-order valence-electron chi connectivity index (χ1n) is 21.5. The van der Waals surface area contributed by atoms with Crippen LogP contribution in [0.25, 0.3) is 10.9 Å². The number of likely N-dealkylation sites (tertiary alicyclic amines) is 1. The van der Waals surface area contributed by atoms with Gasteiger partial charge in [-0.15, -0.1) is 6.42 Å². The van der Waals surface area contributed by atoms with E-state index in [4.69, 9.17) is 16.1 Å². The monoisotopic (exact) mass is 775 g/mol. The molecule has 10 nitrogen and oxygen atoms in total. The number of aryl methyl sites for hydroxylation is 1. The minimum absolute atomic E-state index is 0.0149. The number of terminal acetylenes is 1. The van der Waals surface area contributed by atoms with Gasteiger partial charge in [-0.1, -0.05) is 44.0 Å². The third kappa shape index (κ3) is 7.24. The number of carbonyl (C=O) groups is 2. The third-order valence-corrected chi connectivity index (χ3v) is 14.9. The first-order valence-corrected chi connectivity index (χ1v) is 21.5. The largest absolute Gasteiger partial charge is 0.424 e. The van der Waals surface area contributed by atoms with E-state index >= 15 is 0 Å². The number of esters is 1. The normalized spacial score (nSPS) is 29.0. The summed E-state index contributed by atoms with van der Waals surface area (Å²) >= 11 is 0. The number of anilines is 1. The summed E-state index contributed by atoms with van der Waals surface area (Å²) in [5, 5.41) is 24.1. The molecule has 1 aromatic heterocycles. The van der Waals surface area contributed by atoms with E-state index < -0.39 is 17.9 Å². The van der Waals surface area contributed by atoms with Gasteiger partial charge in [0.25, 0.3) is 0 Å². The van der Waals surface area contributed by atoms with Gasteiger partial charge < -0.3 is 29.6 Å². The van der Waals surface area contributed by atoms with Crippen molar-refractivity contribution in [1.29, 1.82) is 0 Å². The van der Waals surface area contributed by atoms with Crippen LogP contribution in [0.4, 0.5) is 5.69 Å². The van der Waals surface area contributed by atoms with Crippen LogP contribution in [0.2, 0.25) is 0 Å². The number of amides is 1. The van der Waals surface area contributed by atoms with Gasteiger partial charge in [0.1, 0.15) is 5.60 Å². The highest BCUT2D eigenvalue weighted by molar-refractivity contribution is 5.82. The Morgan fingerprint density at radius 2 is 1.77 bits per heavy atom. The highest BCUT2D eigenvalue weighted by Gasteiger charge is 2.61. The van der Waals surface area contributed by atoms with E-state index in [0.29, 0.717) is 68.3 Å². The summed E-state index contributed by atoms with van der Waals surface area (Å²) in [6.45, 7) is 10.7. The molecule has 2 saturated carbocycles. The van der Waals surface area contributed by atoms with Crippen molar-refractivity contribution in [2.45, 2.75) is 102 Å². The number of aromatic nitrogens is 1. The minimum atomic E-state index is -1.05. The van der Waals surface area contributed by atoms with Crippen molar-refractivity contribution >= 4 is 28.5 Å². The van der Waals surface area contributed by atoms with Gasteiger partial charge in [-0.2, -0.15) is 0 Å². The number of hydrogen-bond acceptors (Lipinski definition) is 9. The van der Waals surface area contributed by atoms with Crippen LogP contribution in [0.15, 0.2) is 48.5 Å². The first kappa shape index (κ1) is 39.8. The zero-order chi connectivity index (χ0) is 40.1. The molecule has 0 radical (unpaired) electrons. The van der Waals surface area contributed by atoms with Gasteiger partial charge in [0, 0.05) is 43.5 Å². The molecular formula is C47H61N5O5. The zero-order valence-corrected chi connectivity index (χ0v) is 34.3. The Morgan fingerprint density at radius 1 is 1.02 bits per heavy atom. The fraction of sp³-hybridized carbons (Fsp3) is 0.596. The van der Waals surface area contributed by atoms with Crippen molar-refractivity contribution in [3.8, 4) is 18.1 Å². The molecular weight excluding hydrogens is 715 g/mol. The summed E-state index contributed by atoms with van der Waals surface area (Å²) in [6, 6.07) is 15.6. The Morgan fingerprint density at radius 3 is 2.51 bits per heavy atom. The van der Waals surface area contributed by atoms with E-state index in [-0.39, 0.29) is 23.2 Å². The summed E-state index contributed by atoms with van der Waals surface area (Å²) < 4.78 is 6.39. The van der Waals surface area contributed by atoms with Gasteiger partial charge in [-0.3, -0.25) is 14.5 Å². The van der Waals surface area contributed by atoms with Crippen LogP contribution in [0.3, 0.4) is 0 Å². The fourth-order valence-electron chi connectivity index (χ4n) is 11.4. The number of aliphatic hydroxyl groups is 2. The molecule has 4 fully saturated rings. The number of carbonyl (C=O) groups excluding carboxylic acids is 2. The van der Waals surface area contributed by atoms with Crippen molar-refractivity contribution in [2.24, 2.45) is 23.2 Å². The Bertz CT molecular complexity index is 2020. The lowest BCUT2D eigenvalue weighted by Crippen LogP contribution is -2.55. The highest BCUT2D eigenvalue weighted by Crippen LogP contribution is 2.64. The average Bonchev–Trinajstić information content (AvgIpc) is 3.51. The summed E-state index contributed by atoms with van der Waals surface area (Å²) in [5.74, 6) is 4.33. The van der Waals surface area contributed by atoms with Crippen molar-refractivity contribution in [3.05, 3.63) is 65.4 Å². The number of para-hydroxylation sites is 1. The van der Waals surface area contributed by atoms with Crippen molar-refractivity contribution < 1.29 is 24.5 Å². The lowest BCUT2D eigenvalue weighted by molar-refractivity contribution is -0.142. The summed E-state index contributed by atoms with van der Waals surface area (Å²) in [5.41, 5.74) is 3.56. The topological polar surface area (TPSA) is 110 Å². The number of nitrogens with zero attached hydrogens (tertiary/aromatic N) is 5. The van der Waals surface area contributed by atoms with Gasteiger partial charge in [-0.25, -0.2) is 4.98 Å². The number of rotatable bonds is 9. The molecule has 3 heterocycles. The summed E-state index contributed by atoms with van der Waals surface area (Å²) in [7, 11) is 2.10. The Kier molecular flexibility index (Phi) is 11.2. The minimum Gasteiger partial charge on any atom is -0.424 e. The van der Waals surface area contributed by atoms with Gasteiger partial charge in [-0.05, 0) is 138 Å². The number of pyridine rings is 1. The molecule has 57 heavy (non-hydrogen) atoms. The van der Waals surface area contributed by atoms with Gasteiger partial charge in [0.2, 0.25) is 5.91 Å². The van der Waals surface area contributed by atoms with Crippen LogP contribution < -0.4 is 9.64 Å². The SMILES string of the molecule is C#C[C@]1(O)CCC2[C@@H]3CCc4cc(OC(=O)C5CCN(C)CC5)c(N5CCN(C(=O)[C@H](C)N(CCC)C(O)c6ccc7ccccc7n6)CC5)cc4C3CC[C@@]21C. The van der Waals surface area contributed by atoms with Crippen LogP contribution in [0.5, 0.6) is 5.75 Å². The average molecular weight is 776 g/mol. The second kappa shape index (κ2) is 16.0. The number of ether oxygens (including phenoxy) is 1. The second-order valence-electron chi connectivity index (χ2n) is 18.0. The smallest absolute Gasteiger partial charge is 0.314 e. The molecule has 2 saturated heterocycles. The molecule has 3 unspecified atom stereocenters. The molecule has 0 spiro atoms. The Balaban J connectivity index is 1.02. The predicted molar refractivity (Wildman–Crippen MR) is 223 cm³/mol. The van der Waals surface area contributed by atoms with Crippen molar-refractivity contribution in [3.63, 3.8) is 0 Å². The van der Waals surface area contributed by atoms with Crippen molar-refractivity contribution in [2.75, 3.05) is 57.8 Å². The molecule has 2 aromatic carbocycles. The summed E-state index contributed by atoms with van der Waals surface area (Å²) in [4.78, 5) is 41.0. The molecule has 8 rings (SSSR count). The molecule has 304 valence electrons. The quantitative estimate of drug-likeness (QED) is 0.115. The number of hydrogen-bond donors (Lipinski definition) is 2. The molecule has 7 atom stereocenters. The zero-order valence-electron chi connectivity index (χ0n) is 34.3. The van der Waals surface area contributed by atoms with Gasteiger partial charge in [0.05, 0.1) is 28.9 Å². The Hall–Kier alpha value is -4.01. The molecule has 3 aromatic rings. The number of piperazine rings is 1. The van der Waals surface area contributed by atoms with E-state index in [1.165, 1.54) is 11.1 Å². The second-order valence-corrected chi connectivity index (χ2v) is 18.0. The molecule has 2 aliphatic heterocycles. The predicted octanol–water partition coefficient (Wildman–Crippen LogP) is 6.14. The van der Waals surface area contributed by atoms with Crippen molar-refractivity contribution in [1.82, 2.24) is 19.7 Å². The third-order valence-electron chi connectivity index (χ3n) is 14.9. The van der Waals surface area contributed by atoms with Gasteiger partial charge >= 0.3 is 5.97 Å². The maximum atomic E-state index is 14.2. The van der Waals surface area contributed by atoms with Gasteiger partial charge in [0.15, 0.2) is 12.0 Å². The fourth-order valence-corrected chi connectivity index (χ4v) is 11.4.